The van der Waals surface area contributed by atoms with E-state index in [2.05, 4.69) is 10.6 Å². The number of benzene rings is 1. The molecular formula is C14H20Cl2N2O4. The summed E-state index contributed by atoms with van der Waals surface area (Å²) in [6, 6.07) is 3.24. The highest BCUT2D eigenvalue weighted by atomic mass is 35.5. The van der Waals surface area contributed by atoms with Gasteiger partial charge in [-0.2, -0.15) is 0 Å². The molecule has 1 atom stereocenters. The van der Waals surface area contributed by atoms with Gasteiger partial charge in [0.25, 0.3) is 0 Å². The molecule has 1 aliphatic rings. The van der Waals surface area contributed by atoms with Gasteiger partial charge in [0.05, 0.1) is 44.1 Å². The van der Waals surface area contributed by atoms with E-state index in [9.17, 15) is 4.79 Å². The van der Waals surface area contributed by atoms with Crippen LogP contribution in [-0.4, -0.2) is 45.9 Å². The number of carbonyl (C=O) groups is 1. The maximum atomic E-state index is 12.1. The fourth-order valence-corrected chi connectivity index (χ4v) is 2.36. The lowest BCUT2D eigenvalue weighted by Crippen LogP contribution is -2.40. The predicted molar refractivity (Wildman–Crippen MR) is 87.7 cm³/mol. The Balaban J connectivity index is 0.00000242. The summed E-state index contributed by atoms with van der Waals surface area (Å²) in [7, 11) is 3.04. The smallest absolute Gasteiger partial charge is 0.227 e. The van der Waals surface area contributed by atoms with Gasteiger partial charge in [-0.15, -0.1) is 12.4 Å². The molecule has 1 fully saturated rings. The summed E-state index contributed by atoms with van der Waals surface area (Å²) >= 11 is 6.07. The number of hydrogen-bond acceptors (Lipinski definition) is 5. The molecule has 1 saturated heterocycles. The Kier molecular flexibility index (Phi) is 7.75. The van der Waals surface area contributed by atoms with Crippen molar-refractivity contribution in [2.24, 2.45) is 0 Å². The zero-order valence-electron chi connectivity index (χ0n) is 12.5. The Bertz CT molecular complexity index is 508. The van der Waals surface area contributed by atoms with E-state index >= 15 is 0 Å². The fourth-order valence-electron chi connectivity index (χ4n) is 2.12. The molecule has 6 nitrogen and oxygen atoms in total. The Hall–Kier alpha value is -1.21. The summed E-state index contributed by atoms with van der Waals surface area (Å²) in [6.45, 7) is 2.11. The summed E-state index contributed by atoms with van der Waals surface area (Å²) in [6.07, 6.45) is 0.165. The van der Waals surface area contributed by atoms with Gasteiger partial charge in [-0.25, -0.2) is 0 Å². The maximum Gasteiger partial charge on any atom is 0.227 e. The van der Waals surface area contributed by atoms with E-state index in [1.807, 2.05) is 0 Å². The number of amides is 1. The molecule has 0 aromatic heterocycles. The van der Waals surface area contributed by atoms with Crippen molar-refractivity contribution in [1.82, 2.24) is 5.32 Å². The molecule has 1 aliphatic heterocycles. The molecule has 124 valence electrons. The standard InChI is InChI=1S/C14H19ClN2O4.ClH/c1-19-12-7-13(20-2)11(6-10(12)15)17-14(18)5-9-8-16-3-4-21-9;/h6-7,9,16H,3-5,8H2,1-2H3,(H,17,18);1H. The number of nitrogens with one attached hydrogen (secondary N) is 2. The Morgan fingerprint density at radius 3 is 2.73 bits per heavy atom. The van der Waals surface area contributed by atoms with Gasteiger partial charge in [0, 0.05) is 19.2 Å². The molecule has 0 bridgehead atoms. The van der Waals surface area contributed by atoms with Crippen molar-refractivity contribution in [3.05, 3.63) is 17.2 Å². The highest BCUT2D eigenvalue weighted by Gasteiger charge is 2.19. The van der Waals surface area contributed by atoms with Gasteiger partial charge in [-0.3, -0.25) is 4.79 Å². The van der Waals surface area contributed by atoms with Crippen molar-refractivity contribution in [3.63, 3.8) is 0 Å². The molecule has 1 aromatic carbocycles. The van der Waals surface area contributed by atoms with Gasteiger partial charge in [0.2, 0.25) is 5.91 Å². The zero-order valence-corrected chi connectivity index (χ0v) is 14.1. The second-order valence-electron chi connectivity index (χ2n) is 4.64. The minimum atomic E-state index is -0.150. The van der Waals surface area contributed by atoms with Crippen LogP contribution in [0, 0.1) is 0 Å². The average Bonchev–Trinajstić information content (AvgIpc) is 2.48. The first kappa shape index (κ1) is 18.8. The molecule has 8 heteroatoms. The van der Waals surface area contributed by atoms with E-state index in [1.165, 1.54) is 14.2 Å². The largest absolute Gasteiger partial charge is 0.495 e. The molecule has 0 spiro atoms. The van der Waals surface area contributed by atoms with Crippen molar-refractivity contribution in [1.29, 1.82) is 0 Å². The Labute approximate surface area is 140 Å². The molecular weight excluding hydrogens is 331 g/mol. The summed E-state index contributed by atoms with van der Waals surface area (Å²) in [4.78, 5) is 12.1. The number of morpholine rings is 1. The SMILES string of the molecule is COc1cc(OC)c(NC(=O)CC2CNCCO2)cc1Cl.Cl. The second kappa shape index (κ2) is 9.05. The van der Waals surface area contributed by atoms with Crippen LogP contribution in [0.15, 0.2) is 12.1 Å². The van der Waals surface area contributed by atoms with Crippen molar-refractivity contribution >= 4 is 35.6 Å². The van der Waals surface area contributed by atoms with Gasteiger partial charge in [-0.1, -0.05) is 11.6 Å². The highest BCUT2D eigenvalue weighted by molar-refractivity contribution is 6.32. The van der Waals surface area contributed by atoms with Crippen LogP contribution in [0.25, 0.3) is 0 Å². The molecule has 1 heterocycles. The molecule has 1 unspecified atom stereocenters. The van der Waals surface area contributed by atoms with Gasteiger partial charge in [0.1, 0.15) is 11.5 Å². The first-order chi connectivity index (χ1) is 10.1. The van der Waals surface area contributed by atoms with Crippen molar-refractivity contribution in [2.75, 3.05) is 39.2 Å². The number of hydrogen-bond donors (Lipinski definition) is 2. The van der Waals surface area contributed by atoms with Crippen LogP contribution in [-0.2, 0) is 9.53 Å². The topological polar surface area (TPSA) is 68.8 Å². The van der Waals surface area contributed by atoms with E-state index in [-0.39, 0.29) is 30.8 Å². The number of ether oxygens (including phenoxy) is 3. The Morgan fingerprint density at radius 1 is 1.41 bits per heavy atom. The summed E-state index contributed by atoms with van der Waals surface area (Å²) in [5, 5.41) is 6.38. The third-order valence-electron chi connectivity index (χ3n) is 3.17. The molecule has 0 radical (unpaired) electrons. The van der Waals surface area contributed by atoms with Crippen molar-refractivity contribution in [2.45, 2.75) is 12.5 Å². The average molecular weight is 351 g/mol. The molecule has 0 aliphatic carbocycles. The van der Waals surface area contributed by atoms with Gasteiger partial charge in [-0.05, 0) is 6.07 Å². The molecule has 1 amide bonds. The van der Waals surface area contributed by atoms with Gasteiger partial charge in [0.15, 0.2) is 0 Å². The lowest BCUT2D eigenvalue weighted by atomic mass is 10.2. The van der Waals surface area contributed by atoms with Crippen LogP contribution in [0.3, 0.4) is 0 Å². The van der Waals surface area contributed by atoms with E-state index < -0.39 is 0 Å². The normalized spacial score (nSPS) is 17.3. The third-order valence-corrected chi connectivity index (χ3v) is 3.46. The maximum absolute atomic E-state index is 12.1. The first-order valence-corrected chi connectivity index (χ1v) is 7.05. The first-order valence-electron chi connectivity index (χ1n) is 6.67. The quantitative estimate of drug-likeness (QED) is 0.850. The monoisotopic (exact) mass is 350 g/mol. The van der Waals surface area contributed by atoms with Gasteiger partial charge < -0.3 is 24.8 Å². The van der Waals surface area contributed by atoms with Crippen LogP contribution in [0.1, 0.15) is 6.42 Å². The molecule has 2 rings (SSSR count). The van der Waals surface area contributed by atoms with E-state index in [0.29, 0.717) is 35.4 Å². The van der Waals surface area contributed by atoms with Crippen LogP contribution >= 0.6 is 24.0 Å². The Morgan fingerprint density at radius 2 is 2.14 bits per heavy atom. The lowest BCUT2D eigenvalue weighted by molar-refractivity contribution is -0.119. The molecule has 0 saturated carbocycles. The molecule has 2 N–H and O–H groups in total. The minimum Gasteiger partial charge on any atom is -0.495 e. The second-order valence-corrected chi connectivity index (χ2v) is 5.04. The van der Waals surface area contributed by atoms with Gasteiger partial charge >= 0.3 is 0 Å². The summed E-state index contributed by atoms with van der Waals surface area (Å²) in [5.74, 6) is 0.835. The fraction of sp³-hybridized carbons (Fsp3) is 0.500. The summed E-state index contributed by atoms with van der Waals surface area (Å²) in [5.41, 5.74) is 0.511. The van der Waals surface area contributed by atoms with E-state index in [4.69, 9.17) is 25.8 Å². The van der Waals surface area contributed by atoms with Crippen molar-refractivity contribution in [3.8, 4) is 11.5 Å². The number of halogens is 2. The third kappa shape index (κ3) is 4.91. The summed E-state index contributed by atoms with van der Waals surface area (Å²) < 4.78 is 15.9. The van der Waals surface area contributed by atoms with E-state index in [0.717, 1.165) is 6.54 Å². The van der Waals surface area contributed by atoms with Crippen LogP contribution in [0.2, 0.25) is 5.02 Å². The number of anilines is 1. The molecule has 1 aromatic rings. The number of methoxy groups -OCH3 is 2. The zero-order chi connectivity index (χ0) is 15.2. The number of rotatable bonds is 5. The van der Waals surface area contributed by atoms with E-state index in [1.54, 1.807) is 12.1 Å². The lowest BCUT2D eigenvalue weighted by Gasteiger charge is -2.23. The highest BCUT2D eigenvalue weighted by Crippen LogP contribution is 2.35. The predicted octanol–water partition coefficient (Wildman–Crippen LogP) is 2.10. The van der Waals surface area contributed by atoms with Crippen LogP contribution in [0.5, 0.6) is 11.5 Å². The number of carbonyl (C=O) groups excluding carboxylic acids is 1. The van der Waals surface area contributed by atoms with Crippen LogP contribution in [0.4, 0.5) is 5.69 Å². The molecule has 22 heavy (non-hydrogen) atoms. The van der Waals surface area contributed by atoms with Crippen molar-refractivity contribution < 1.29 is 19.0 Å². The van der Waals surface area contributed by atoms with Crippen LogP contribution < -0.4 is 20.1 Å². The minimum absolute atomic E-state index is 0.